The molecule has 1 aromatic carbocycles. The second-order valence-corrected chi connectivity index (χ2v) is 15.6. The van der Waals surface area contributed by atoms with Crippen molar-refractivity contribution in [2.24, 2.45) is 11.8 Å². The number of carboxylic acid groups (broad SMARTS) is 1. The topological polar surface area (TPSA) is 96.8 Å². The first-order chi connectivity index (χ1) is 16.9. The molecule has 1 saturated carbocycles. The van der Waals surface area contributed by atoms with Crippen LogP contribution >= 0.6 is 0 Å². The number of fused-ring (bicyclic) bond motifs is 1. The third-order valence-corrected chi connectivity index (χ3v) is 9.02. The Morgan fingerprint density at radius 2 is 1.75 bits per heavy atom. The van der Waals surface area contributed by atoms with Crippen LogP contribution in [0.4, 0.5) is 8.78 Å². The fourth-order valence-electron chi connectivity index (χ4n) is 5.16. The fraction of sp³-hybridized carbons (Fsp3) is 0.462. The van der Waals surface area contributed by atoms with E-state index < -0.39 is 43.6 Å². The molecule has 1 unspecified atom stereocenters. The van der Waals surface area contributed by atoms with E-state index in [0.29, 0.717) is 23.6 Å². The Labute approximate surface area is 209 Å². The molecule has 2 aliphatic rings. The molecule has 1 aromatic heterocycles. The molecule has 1 fully saturated rings. The van der Waals surface area contributed by atoms with Crippen molar-refractivity contribution in [2.45, 2.75) is 51.4 Å². The first-order valence-electron chi connectivity index (χ1n) is 12.0. The molecular weight excluding hydrogens is 486 g/mol. The molecule has 4 rings (SSSR count). The number of rotatable bonds is 7. The molecule has 36 heavy (non-hydrogen) atoms. The van der Waals surface area contributed by atoms with Gasteiger partial charge < -0.3 is 14.7 Å². The summed E-state index contributed by atoms with van der Waals surface area (Å²) in [7, 11) is -0.789. The number of carbonyl (C=O) groups is 3. The Morgan fingerprint density at radius 3 is 2.31 bits per heavy atom. The van der Waals surface area contributed by atoms with Gasteiger partial charge in [0.1, 0.15) is 17.7 Å². The van der Waals surface area contributed by atoms with Gasteiger partial charge in [0.15, 0.2) is 5.78 Å². The summed E-state index contributed by atoms with van der Waals surface area (Å²) in [6, 6.07) is 4.74. The number of ether oxygens (including phenoxy) is 1. The van der Waals surface area contributed by atoms with Gasteiger partial charge in [-0.2, -0.15) is 0 Å². The van der Waals surface area contributed by atoms with Crippen LogP contribution in [0.3, 0.4) is 0 Å². The van der Waals surface area contributed by atoms with Crippen LogP contribution in [0.2, 0.25) is 19.6 Å². The van der Waals surface area contributed by atoms with E-state index in [2.05, 4.69) is 4.98 Å². The number of hydrogen-bond donors (Lipinski definition) is 1. The van der Waals surface area contributed by atoms with E-state index in [0.717, 1.165) is 0 Å². The van der Waals surface area contributed by atoms with Crippen LogP contribution in [0.15, 0.2) is 24.3 Å². The molecule has 0 saturated heterocycles. The summed E-state index contributed by atoms with van der Waals surface area (Å²) < 4.78 is 34.9. The molecular formula is C26H30F2N2O5Si. The van der Waals surface area contributed by atoms with Gasteiger partial charge in [-0.25, -0.2) is 13.8 Å². The summed E-state index contributed by atoms with van der Waals surface area (Å²) in [6.45, 7) is 5.77. The quantitative estimate of drug-likeness (QED) is 0.568. The van der Waals surface area contributed by atoms with Crippen molar-refractivity contribution in [2.75, 3.05) is 13.7 Å². The lowest BCUT2D eigenvalue weighted by Crippen LogP contribution is -2.50. The maximum atomic E-state index is 14.8. The van der Waals surface area contributed by atoms with E-state index in [1.807, 2.05) is 19.6 Å². The zero-order valence-electron chi connectivity index (χ0n) is 20.8. The van der Waals surface area contributed by atoms with E-state index in [4.69, 9.17) is 4.74 Å². The van der Waals surface area contributed by atoms with Gasteiger partial charge in [-0.15, -0.1) is 0 Å². The highest BCUT2D eigenvalue weighted by Crippen LogP contribution is 2.39. The van der Waals surface area contributed by atoms with E-state index >= 15 is 0 Å². The lowest BCUT2D eigenvalue weighted by molar-refractivity contribution is -0.154. The summed E-state index contributed by atoms with van der Waals surface area (Å²) in [5, 5.41) is 9.27. The largest absolute Gasteiger partial charge is 0.481 e. The minimum Gasteiger partial charge on any atom is -0.481 e. The molecule has 1 amide bonds. The number of nitrogens with zero attached hydrogens (tertiary/aromatic N) is 2. The third-order valence-electron chi connectivity index (χ3n) is 7.04. The SMILES string of the molecule is COc1ccc2c(n1)CCN(C(=O)C1CC(C(=O)O)C1)C2C(=O)Cc1cc(F)c([Si](C)(C)C)c(F)c1. The van der Waals surface area contributed by atoms with Crippen LogP contribution in [0.5, 0.6) is 5.88 Å². The second kappa shape index (κ2) is 9.72. The summed E-state index contributed by atoms with van der Waals surface area (Å²) in [5.41, 5.74) is 1.38. The maximum Gasteiger partial charge on any atom is 0.306 e. The Morgan fingerprint density at radius 1 is 1.11 bits per heavy atom. The van der Waals surface area contributed by atoms with Crippen LogP contribution in [-0.4, -0.2) is 54.4 Å². The predicted octanol–water partition coefficient (Wildman–Crippen LogP) is 3.26. The Bertz CT molecular complexity index is 1200. The fourth-order valence-corrected chi connectivity index (χ4v) is 6.74. The molecule has 7 nitrogen and oxygen atoms in total. The standard InChI is InChI=1S/C26H30F2N2O5Si/c1-35-22-6-5-17-20(29-22)7-8-30(25(32)15-12-16(13-15)26(33)34)23(17)21(31)11-14-9-18(27)24(19(28)10-14)36(2,3)4/h5-6,9-10,15-16,23H,7-8,11-13H2,1-4H3,(H,33,34). The molecule has 0 bridgehead atoms. The number of halogens is 2. The molecule has 0 spiro atoms. The van der Waals surface area contributed by atoms with Gasteiger partial charge in [0, 0.05) is 42.1 Å². The predicted molar refractivity (Wildman–Crippen MR) is 131 cm³/mol. The Hall–Kier alpha value is -3.14. The van der Waals surface area contributed by atoms with Crippen LogP contribution in [-0.2, 0) is 27.2 Å². The Balaban J connectivity index is 1.65. The van der Waals surface area contributed by atoms with Crippen LogP contribution in [0.25, 0.3) is 0 Å². The third kappa shape index (κ3) is 4.91. The van der Waals surface area contributed by atoms with Gasteiger partial charge in [-0.05, 0) is 36.6 Å². The number of aliphatic carboxylic acids is 1. The van der Waals surface area contributed by atoms with Crippen LogP contribution in [0.1, 0.15) is 35.7 Å². The molecule has 10 heteroatoms. The van der Waals surface area contributed by atoms with Gasteiger partial charge in [-0.1, -0.05) is 19.6 Å². The number of Topliss-reactive ketones (excluding diaryl/α,β-unsaturated/α-hetero) is 1. The van der Waals surface area contributed by atoms with Crippen molar-refractivity contribution in [3.8, 4) is 5.88 Å². The first-order valence-corrected chi connectivity index (χ1v) is 15.5. The molecule has 0 radical (unpaired) electrons. The van der Waals surface area contributed by atoms with Gasteiger partial charge in [0.05, 0.1) is 26.8 Å². The summed E-state index contributed by atoms with van der Waals surface area (Å²) >= 11 is 0. The minimum atomic E-state index is -2.27. The molecule has 2 aromatic rings. The van der Waals surface area contributed by atoms with Crippen LogP contribution < -0.4 is 9.92 Å². The number of hydrogen-bond acceptors (Lipinski definition) is 5. The highest BCUT2D eigenvalue weighted by molar-refractivity contribution is 6.88. The highest BCUT2D eigenvalue weighted by atomic mass is 28.3. The maximum absolute atomic E-state index is 14.8. The number of pyridine rings is 1. The lowest BCUT2D eigenvalue weighted by Gasteiger charge is -2.41. The number of methoxy groups -OCH3 is 1. The molecule has 1 atom stereocenters. The first kappa shape index (κ1) is 25.9. The van der Waals surface area contributed by atoms with Gasteiger partial charge in [0.25, 0.3) is 0 Å². The number of carbonyl (C=O) groups excluding carboxylic acids is 2. The van der Waals surface area contributed by atoms with E-state index in [9.17, 15) is 28.3 Å². The summed E-state index contributed by atoms with van der Waals surface area (Å²) in [6.07, 6.45) is 0.606. The number of benzene rings is 1. The van der Waals surface area contributed by atoms with Crippen molar-refractivity contribution >= 4 is 30.9 Å². The van der Waals surface area contributed by atoms with Crippen molar-refractivity contribution in [1.29, 1.82) is 0 Å². The average molecular weight is 517 g/mol. The van der Waals surface area contributed by atoms with Crippen molar-refractivity contribution in [3.63, 3.8) is 0 Å². The van der Waals surface area contributed by atoms with Crippen molar-refractivity contribution < 1.29 is 33.0 Å². The number of aromatic nitrogens is 1. The average Bonchev–Trinajstić information content (AvgIpc) is 2.74. The molecule has 1 aliphatic heterocycles. The van der Waals surface area contributed by atoms with Gasteiger partial charge in [-0.3, -0.25) is 14.4 Å². The van der Waals surface area contributed by atoms with E-state index in [1.165, 1.54) is 24.1 Å². The minimum absolute atomic E-state index is 0.0905. The zero-order chi connectivity index (χ0) is 26.4. The van der Waals surface area contributed by atoms with Crippen molar-refractivity contribution in [3.05, 3.63) is 52.7 Å². The second-order valence-electron chi connectivity index (χ2n) is 10.6. The molecule has 1 N–H and O–H groups in total. The number of ketones is 1. The molecule has 1 aliphatic carbocycles. The monoisotopic (exact) mass is 516 g/mol. The normalized spacial score (nSPS) is 21.4. The summed E-state index contributed by atoms with van der Waals surface area (Å²) in [4.78, 5) is 44.1. The number of amides is 1. The van der Waals surface area contributed by atoms with Crippen LogP contribution in [0, 0.1) is 23.5 Å². The van der Waals surface area contributed by atoms with Crippen molar-refractivity contribution in [1.82, 2.24) is 9.88 Å². The lowest BCUT2D eigenvalue weighted by atomic mass is 9.73. The zero-order valence-corrected chi connectivity index (χ0v) is 21.8. The summed E-state index contributed by atoms with van der Waals surface area (Å²) in [5.74, 6) is -3.56. The molecule has 192 valence electrons. The van der Waals surface area contributed by atoms with E-state index in [-0.39, 0.29) is 48.2 Å². The van der Waals surface area contributed by atoms with Gasteiger partial charge in [0.2, 0.25) is 11.8 Å². The molecule has 2 heterocycles. The van der Waals surface area contributed by atoms with Gasteiger partial charge >= 0.3 is 5.97 Å². The Kier molecular flexibility index (Phi) is 7.00. The smallest absolute Gasteiger partial charge is 0.306 e. The van der Waals surface area contributed by atoms with E-state index in [1.54, 1.807) is 12.1 Å². The highest BCUT2D eigenvalue weighted by Gasteiger charge is 2.45. The number of carboxylic acids is 1.